The number of nitrogens with one attached hydrogen (secondary N) is 1. The van der Waals surface area contributed by atoms with Gasteiger partial charge in [0.15, 0.2) is 11.5 Å². The van der Waals surface area contributed by atoms with Crippen molar-refractivity contribution >= 4 is 23.3 Å². The smallest absolute Gasteiger partial charge is 0.230 e. The Morgan fingerprint density at radius 3 is 2.83 bits per heavy atom. The first-order valence-corrected chi connectivity index (χ1v) is 8.09. The van der Waals surface area contributed by atoms with E-state index in [1.165, 1.54) is 23.9 Å². The number of halogens is 1. The molecule has 3 rings (SSSR count). The van der Waals surface area contributed by atoms with Gasteiger partial charge in [0.05, 0.1) is 11.8 Å². The summed E-state index contributed by atoms with van der Waals surface area (Å²) < 4.78 is 14.7. The fraction of sp³-hybridized carbons (Fsp3) is 0.188. The molecule has 1 atom stereocenters. The van der Waals surface area contributed by atoms with Crippen molar-refractivity contribution in [3.8, 4) is 0 Å². The molecule has 0 aliphatic heterocycles. The van der Waals surface area contributed by atoms with E-state index in [1.807, 2.05) is 35.7 Å². The lowest BCUT2D eigenvalue weighted by molar-refractivity contribution is -0.119. The Labute approximate surface area is 136 Å². The topological polar surface area (TPSA) is 59.3 Å². The molecule has 118 valence electrons. The minimum Gasteiger partial charge on any atom is -0.346 e. The maximum atomic E-state index is 12.8. The predicted molar refractivity (Wildman–Crippen MR) is 86.7 cm³/mol. The van der Waals surface area contributed by atoms with Gasteiger partial charge in [0, 0.05) is 11.1 Å². The summed E-state index contributed by atoms with van der Waals surface area (Å²) in [6, 6.07) is 11.4. The zero-order chi connectivity index (χ0) is 16.2. The van der Waals surface area contributed by atoms with Gasteiger partial charge in [-0.2, -0.15) is 0 Å². The quantitative estimate of drug-likeness (QED) is 0.731. The van der Waals surface area contributed by atoms with Crippen LogP contribution >= 0.6 is 11.8 Å². The van der Waals surface area contributed by atoms with E-state index < -0.39 is 0 Å². The average Bonchev–Trinajstić information content (AvgIpc) is 2.98. The number of amides is 1. The number of nitrogens with zero attached hydrogens (tertiary/aromatic N) is 3. The third kappa shape index (κ3) is 3.68. The number of hydrogen-bond acceptors (Lipinski definition) is 4. The van der Waals surface area contributed by atoms with Crippen LogP contribution in [0, 0.1) is 5.82 Å². The van der Waals surface area contributed by atoms with Crippen molar-refractivity contribution < 1.29 is 9.18 Å². The van der Waals surface area contributed by atoms with Crippen LogP contribution in [-0.2, 0) is 4.79 Å². The van der Waals surface area contributed by atoms with Gasteiger partial charge < -0.3 is 5.32 Å². The number of aromatic nitrogens is 3. The van der Waals surface area contributed by atoms with Crippen molar-refractivity contribution in [2.45, 2.75) is 17.9 Å². The number of rotatable bonds is 5. The van der Waals surface area contributed by atoms with Gasteiger partial charge in [0.2, 0.25) is 5.91 Å². The van der Waals surface area contributed by atoms with Gasteiger partial charge in [-0.1, -0.05) is 6.07 Å². The summed E-state index contributed by atoms with van der Waals surface area (Å²) in [4.78, 5) is 12.9. The van der Waals surface area contributed by atoms with E-state index in [4.69, 9.17) is 0 Å². The standard InChI is InChI=1S/C16H15FN4OS/c1-11(16-20-19-14-4-2-3-9-21(14)16)18-15(22)10-23-13-7-5-12(17)6-8-13/h2-9,11H,10H2,1H3,(H,18,22). The van der Waals surface area contributed by atoms with Crippen LogP contribution in [0.3, 0.4) is 0 Å². The summed E-state index contributed by atoms with van der Waals surface area (Å²) in [5, 5.41) is 11.1. The highest BCUT2D eigenvalue weighted by atomic mass is 32.2. The average molecular weight is 330 g/mol. The summed E-state index contributed by atoms with van der Waals surface area (Å²) in [6.07, 6.45) is 1.86. The van der Waals surface area contributed by atoms with Gasteiger partial charge in [-0.25, -0.2) is 4.39 Å². The molecule has 23 heavy (non-hydrogen) atoms. The molecule has 2 heterocycles. The number of carbonyl (C=O) groups excluding carboxylic acids is 1. The molecule has 2 aromatic heterocycles. The number of carbonyl (C=O) groups is 1. The first kappa shape index (κ1) is 15.5. The number of pyridine rings is 1. The summed E-state index contributed by atoms with van der Waals surface area (Å²) in [7, 11) is 0. The second-order valence-electron chi connectivity index (χ2n) is 5.02. The summed E-state index contributed by atoms with van der Waals surface area (Å²) in [5.74, 6) is 0.540. The maximum Gasteiger partial charge on any atom is 0.230 e. The maximum absolute atomic E-state index is 12.8. The zero-order valence-corrected chi connectivity index (χ0v) is 13.3. The number of fused-ring (bicyclic) bond motifs is 1. The molecule has 5 nitrogen and oxygen atoms in total. The van der Waals surface area contributed by atoms with Crippen molar-refractivity contribution in [3.63, 3.8) is 0 Å². The zero-order valence-electron chi connectivity index (χ0n) is 12.4. The largest absolute Gasteiger partial charge is 0.346 e. The van der Waals surface area contributed by atoms with Crippen LogP contribution < -0.4 is 5.32 Å². The van der Waals surface area contributed by atoms with E-state index in [1.54, 1.807) is 12.1 Å². The molecular weight excluding hydrogens is 315 g/mol. The second kappa shape index (κ2) is 6.78. The second-order valence-corrected chi connectivity index (χ2v) is 6.07. The lowest BCUT2D eigenvalue weighted by Crippen LogP contribution is -2.29. The van der Waals surface area contributed by atoms with Crippen LogP contribution in [0.15, 0.2) is 53.6 Å². The monoisotopic (exact) mass is 330 g/mol. The fourth-order valence-electron chi connectivity index (χ4n) is 2.18. The molecule has 1 N–H and O–H groups in total. The lowest BCUT2D eigenvalue weighted by atomic mass is 10.3. The molecule has 0 saturated carbocycles. The first-order valence-electron chi connectivity index (χ1n) is 7.11. The number of thioether (sulfide) groups is 1. The van der Waals surface area contributed by atoms with Gasteiger partial charge in [-0.15, -0.1) is 22.0 Å². The van der Waals surface area contributed by atoms with E-state index in [9.17, 15) is 9.18 Å². The van der Waals surface area contributed by atoms with Gasteiger partial charge in [-0.05, 0) is 43.3 Å². The third-order valence-electron chi connectivity index (χ3n) is 3.29. The molecule has 1 amide bonds. The van der Waals surface area contributed by atoms with E-state index in [0.29, 0.717) is 5.82 Å². The molecule has 0 aliphatic rings. The molecule has 1 aromatic carbocycles. The first-order chi connectivity index (χ1) is 11.1. The van der Waals surface area contributed by atoms with Crippen molar-refractivity contribution in [1.82, 2.24) is 19.9 Å². The Bertz CT molecular complexity index is 818. The molecule has 0 saturated heterocycles. The molecule has 0 fully saturated rings. The lowest BCUT2D eigenvalue weighted by Gasteiger charge is -2.12. The van der Waals surface area contributed by atoms with E-state index in [0.717, 1.165) is 10.5 Å². The van der Waals surface area contributed by atoms with Crippen molar-refractivity contribution in [1.29, 1.82) is 0 Å². The number of benzene rings is 1. The molecular formula is C16H15FN4OS. The van der Waals surface area contributed by atoms with Gasteiger partial charge >= 0.3 is 0 Å². The highest BCUT2D eigenvalue weighted by Gasteiger charge is 2.15. The van der Waals surface area contributed by atoms with E-state index in [2.05, 4.69) is 15.5 Å². The van der Waals surface area contributed by atoms with E-state index in [-0.39, 0.29) is 23.5 Å². The predicted octanol–water partition coefficient (Wildman–Crippen LogP) is 2.84. The van der Waals surface area contributed by atoms with Crippen LogP contribution in [-0.4, -0.2) is 26.3 Å². The SMILES string of the molecule is CC(NC(=O)CSc1ccc(F)cc1)c1nnc2ccccn12. The van der Waals surface area contributed by atoms with Crippen molar-refractivity contribution in [2.24, 2.45) is 0 Å². The molecule has 7 heteroatoms. The van der Waals surface area contributed by atoms with Crippen LogP contribution in [0.5, 0.6) is 0 Å². The van der Waals surface area contributed by atoms with Crippen molar-refractivity contribution in [2.75, 3.05) is 5.75 Å². The van der Waals surface area contributed by atoms with Crippen molar-refractivity contribution in [3.05, 3.63) is 60.3 Å². The van der Waals surface area contributed by atoms with Crippen LogP contribution in [0.2, 0.25) is 0 Å². The Morgan fingerprint density at radius 1 is 1.26 bits per heavy atom. The minimum atomic E-state index is -0.286. The molecule has 1 unspecified atom stereocenters. The molecule has 0 aliphatic carbocycles. The van der Waals surface area contributed by atoms with Crippen LogP contribution in [0.1, 0.15) is 18.8 Å². The summed E-state index contributed by atoms with van der Waals surface area (Å²) >= 11 is 1.36. The normalized spacial score (nSPS) is 12.3. The Balaban J connectivity index is 1.60. The van der Waals surface area contributed by atoms with Gasteiger partial charge in [0.25, 0.3) is 0 Å². The molecule has 0 radical (unpaired) electrons. The highest BCUT2D eigenvalue weighted by Crippen LogP contribution is 2.18. The molecule has 0 spiro atoms. The molecule has 3 aromatic rings. The Morgan fingerprint density at radius 2 is 2.04 bits per heavy atom. The Hall–Kier alpha value is -2.41. The summed E-state index contributed by atoms with van der Waals surface area (Å²) in [5.41, 5.74) is 0.740. The summed E-state index contributed by atoms with van der Waals surface area (Å²) in [6.45, 7) is 1.86. The fourth-order valence-corrected chi connectivity index (χ4v) is 2.89. The van der Waals surface area contributed by atoms with E-state index >= 15 is 0 Å². The van der Waals surface area contributed by atoms with Gasteiger partial charge in [0.1, 0.15) is 5.82 Å². The Kier molecular flexibility index (Phi) is 4.57. The molecule has 0 bridgehead atoms. The van der Waals surface area contributed by atoms with Crippen LogP contribution in [0.4, 0.5) is 4.39 Å². The minimum absolute atomic E-state index is 0.112. The number of hydrogen-bond donors (Lipinski definition) is 1. The van der Waals surface area contributed by atoms with Gasteiger partial charge in [-0.3, -0.25) is 9.20 Å². The third-order valence-corrected chi connectivity index (χ3v) is 4.30. The highest BCUT2D eigenvalue weighted by molar-refractivity contribution is 8.00. The van der Waals surface area contributed by atoms with Crippen LogP contribution in [0.25, 0.3) is 5.65 Å².